The molecule has 1 aromatic carbocycles. The Balaban J connectivity index is 1.70. The second-order valence-corrected chi connectivity index (χ2v) is 4.83. The topological polar surface area (TPSA) is 21.7 Å². The monoisotopic (exact) mass is 255 g/mol. The molecule has 0 spiro atoms. The minimum Gasteiger partial charge on any atom is -0.497 e. The van der Waals surface area contributed by atoms with Gasteiger partial charge in [-0.2, -0.15) is 0 Å². The number of methoxy groups -OCH3 is 1. The van der Waals surface area contributed by atoms with Crippen LogP contribution in [0.1, 0.15) is 6.42 Å². The predicted molar refractivity (Wildman–Crippen MR) is 69.2 cm³/mol. The second kappa shape index (κ2) is 6.12. The van der Waals surface area contributed by atoms with Gasteiger partial charge in [0.05, 0.1) is 7.11 Å². The van der Waals surface area contributed by atoms with E-state index in [0.717, 1.165) is 37.6 Å². The van der Waals surface area contributed by atoms with Crippen molar-refractivity contribution in [2.45, 2.75) is 11.8 Å². The minimum absolute atomic E-state index is 0.316. The number of hydrogen-bond acceptors (Lipinski definition) is 3. The maximum Gasteiger partial charge on any atom is 0.119 e. The van der Waals surface area contributed by atoms with E-state index in [0.29, 0.717) is 12.0 Å². The first kappa shape index (κ1) is 12.5. The standard InChI is InChI=1S/C13H18ClNO2/c1-16-12-2-4-13(5-3-12)17-9-8-15-7-6-11(14)10-15/h2-5,11H,6-10H2,1H3. The quantitative estimate of drug-likeness (QED) is 0.754. The molecule has 1 aromatic rings. The molecule has 1 saturated heterocycles. The maximum atomic E-state index is 6.04. The average Bonchev–Trinajstić information content (AvgIpc) is 2.76. The smallest absolute Gasteiger partial charge is 0.119 e. The van der Waals surface area contributed by atoms with Gasteiger partial charge >= 0.3 is 0 Å². The normalized spacial score (nSPS) is 20.5. The Morgan fingerprint density at radius 2 is 2.00 bits per heavy atom. The summed E-state index contributed by atoms with van der Waals surface area (Å²) >= 11 is 6.04. The number of hydrogen-bond donors (Lipinski definition) is 0. The van der Waals surface area contributed by atoms with Crippen LogP contribution < -0.4 is 9.47 Å². The molecular weight excluding hydrogens is 238 g/mol. The molecule has 94 valence electrons. The van der Waals surface area contributed by atoms with Crippen LogP contribution in [0.5, 0.6) is 11.5 Å². The summed E-state index contributed by atoms with van der Waals surface area (Å²) in [6.45, 7) is 3.71. The summed E-state index contributed by atoms with van der Waals surface area (Å²) in [4.78, 5) is 2.33. The van der Waals surface area contributed by atoms with E-state index in [9.17, 15) is 0 Å². The van der Waals surface area contributed by atoms with Crippen molar-refractivity contribution in [2.24, 2.45) is 0 Å². The minimum atomic E-state index is 0.316. The summed E-state index contributed by atoms with van der Waals surface area (Å²) in [5.41, 5.74) is 0. The molecule has 0 bridgehead atoms. The van der Waals surface area contributed by atoms with E-state index in [2.05, 4.69) is 4.90 Å². The Morgan fingerprint density at radius 3 is 2.59 bits per heavy atom. The number of rotatable bonds is 5. The number of nitrogens with zero attached hydrogens (tertiary/aromatic N) is 1. The molecule has 0 aromatic heterocycles. The van der Waals surface area contributed by atoms with Gasteiger partial charge in [0.2, 0.25) is 0 Å². The van der Waals surface area contributed by atoms with E-state index in [4.69, 9.17) is 21.1 Å². The Hall–Kier alpha value is -0.930. The molecule has 0 amide bonds. The fraction of sp³-hybridized carbons (Fsp3) is 0.538. The van der Waals surface area contributed by atoms with Gasteiger partial charge < -0.3 is 9.47 Å². The zero-order chi connectivity index (χ0) is 12.1. The molecule has 1 heterocycles. The van der Waals surface area contributed by atoms with Crippen LogP contribution in [-0.2, 0) is 0 Å². The van der Waals surface area contributed by atoms with Crippen LogP contribution in [0.25, 0.3) is 0 Å². The number of alkyl halides is 1. The van der Waals surface area contributed by atoms with Crippen molar-refractivity contribution in [1.82, 2.24) is 4.90 Å². The molecule has 1 unspecified atom stereocenters. The Morgan fingerprint density at radius 1 is 1.29 bits per heavy atom. The van der Waals surface area contributed by atoms with Gasteiger partial charge in [-0.15, -0.1) is 11.6 Å². The van der Waals surface area contributed by atoms with Crippen LogP contribution in [-0.4, -0.2) is 43.6 Å². The lowest BCUT2D eigenvalue weighted by molar-refractivity contribution is 0.238. The highest BCUT2D eigenvalue weighted by Gasteiger charge is 2.19. The maximum absolute atomic E-state index is 6.04. The highest BCUT2D eigenvalue weighted by molar-refractivity contribution is 6.20. The fourth-order valence-electron chi connectivity index (χ4n) is 1.95. The molecule has 4 heteroatoms. The van der Waals surface area contributed by atoms with Gasteiger partial charge in [-0.05, 0) is 37.2 Å². The summed E-state index contributed by atoms with van der Waals surface area (Å²) in [5, 5.41) is 0.316. The lowest BCUT2D eigenvalue weighted by Crippen LogP contribution is -2.26. The zero-order valence-electron chi connectivity index (χ0n) is 10.1. The van der Waals surface area contributed by atoms with E-state index in [1.54, 1.807) is 7.11 Å². The molecule has 1 aliphatic rings. The second-order valence-electron chi connectivity index (χ2n) is 4.21. The predicted octanol–water partition coefficient (Wildman–Crippen LogP) is 2.39. The van der Waals surface area contributed by atoms with Crippen molar-refractivity contribution in [1.29, 1.82) is 0 Å². The molecule has 17 heavy (non-hydrogen) atoms. The summed E-state index contributed by atoms with van der Waals surface area (Å²) in [7, 11) is 1.66. The van der Waals surface area contributed by atoms with E-state index in [1.165, 1.54) is 0 Å². The van der Waals surface area contributed by atoms with Gasteiger partial charge in [0.25, 0.3) is 0 Å². The van der Waals surface area contributed by atoms with Gasteiger partial charge in [-0.3, -0.25) is 4.90 Å². The molecule has 0 aliphatic carbocycles. The van der Waals surface area contributed by atoms with E-state index < -0.39 is 0 Å². The number of likely N-dealkylation sites (tertiary alicyclic amines) is 1. The molecule has 1 atom stereocenters. The molecule has 2 rings (SSSR count). The van der Waals surface area contributed by atoms with Gasteiger partial charge in [-0.1, -0.05) is 0 Å². The van der Waals surface area contributed by atoms with Gasteiger partial charge in [-0.25, -0.2) is 0 Å². The van der Waals surface area contributed by atoms with Gasteiger partial charge in [0.1, 0.15) is 18.1 Å². The Kier molecular flexibility index (Phi) is 4.51. The van der Waals surface area contributed by atoms with Crippen LogP contribution in [0, 0.1) is 0 Å². The summed E-state index contributed by atoms with van der Waals surface area (Å²) in [5.74, 6) is 1.73. The van der Waals surface area contributed by atoms with E-state index in [1.807, 2.05) is 24.3 Å². The van der Waals surface area contributed by atoms with Crippen molar-refractivity contribution < 1.29 is 9.47 Å². The SMILES string of the molecule is COc1ccc(OCCN2CCC(Cl)C2)cc1. The lowest BCUT2D eigenvalue weighted by Gasteiger charge is -2.15. The fourth-order valence-corrected chi connectivity index (χ4v) is 2.25. The molecule has 0 N–H and O–H groups in total. The molecular formula is C13H18ClNO2. The number of ether oxygens (including phenoxy) is 2. The molecule has 0 saturated carbocycles. The van der Waals surface area contributed by atoms with E-state index in [-0.39, 0.29) is 0 Å². The summed E-state index contributed by atoms with van der Waals surface area (Å²) in [6, 6.07) is 7.65. The highest BCUT2D eigenvalue weighted by Crippen LogP contribution is 2.17. The lowest BCUT2D eigenvalue weighted by atomic mass is 10.3. The van der Waals surface area contributed by atoms with Crippen LogP contribution in [0.4, 0.5) is 0 Å². The van der Waals surface area contributed by atoms with Gasteiger partial charge in [0.15, 0.2) is 0 Å². The molecule has 1 aliphatic heterocycles. The first-order chi connectivity index (χ1) is 8.28. The third-order valence-corrected chi connectivity index (χ3v) is 3.31. The molecule has 0 radical (unpaired) electrons. The summed E-state index contributed by atoms with van der Waals surface area (Å²) < 4.78 is 10.8. The highest BCUT2D eigenvalue weighted by atomic mass is 35.5. The molecule has 1 fully saturated rings. The van der Waals surface area contributed by atoms with Crippen LogP contribution in [0.3, 0.4) is 0 Å². The first-order valence-corrected chi connectivity index (χ1v) is 6.35. The number of halogens is 1. The van der Waals surface area contributed by atoms with Crippen molar-refractivity contribution >= 4 is 11.6 Å². The zero-order valence-corrected chi connectivity index (χ0v) is 10.8. The Labute approximate surface area is 107 Å². The first-order valence-electron chi connectivity index (χ1n) is 5.91. The van der Waals surface area contributed by atoms with Crippen LogP contribution >= 0.6 is 11.6 Å². The van der Waals surface area contributed by atoms with Crippen molar-refractivity contribution in [3.8, 4) is 11.5 Å². The molecule has 3 nitrogen and oxygen atoms in total. The van der Waals surface area contributed by atoms with Crippen molar-refractivity contribution in [3.63, 3.8) is 0 Å². The van der Waals surface area contributed by atoms with Gasteiger partial charge in [0, 0.05) is 18.5 Å². The largest absolute Gasteiger partial charge is 0.497 e. The van der Waals surface area contributed by atoms with E-state index >= 15 is 0 Å². The summed E-state index contributed by atoms with van der Waals surface area (Å²) in [6.07, 6.45) is 1.09. The van der Waals surface area contributed by atoms with Crippen LogP contribution in [0.15, 0.2) is 24.3 Å². The van der Waals surface area contributed by atoms with Crippen molar-refractivity contribution in [3.05, 3.63) is 24.3 Å². The Bertz CT molecular complexity index is 342. The third kappa shape index (κ3) is 3.79. The number of benzene rings is 1. The third-order valence-electron chi connectivity index (χ3n) is 2.95. The van der Waals surface area contributed by atoms with Crippen molar-refractivity contribution in [2.75, 3.05) is 33.4 Å². The van der Waals surface area contributed by atoms with Crippen LogP contribution in [0.2, 0.25) is 0 Å². The average molecular weight is 256 g/mol.